The number of carbonyl (C=O) groups excluding carboxylic acids is 2. The predicted octanol–water partition coefficient (Wildman–Crippen LogP) is 4.47. The fourth-order valence-electron chi connectivity index (χ4n) is 2.80. The maximum absolute atomic E-state index is 12.8. The van der Waals surface area contributed by atoms with E-state index in [1.807, 2.05) is 11.0 Å². The summed E-state index contributed by atoms with van der Waals surface area (Å²) in [5, 5.41) is 0.453. The Bertz CT molecular complexity index is 547. The molecule has 2 rings (SSSR count). The second-order valence-corrected chi connectivity index (χ2v) is 6.85. The van der Waals surface area contributed by atoms with Crippen molar-refractivity contribution in [2.75, 3.05) is 6.54 Å². The molecule has 114 valence electrons. The van der Waals surface area contributed by atoms with Crippen molar-refractivity contribution in [3.63, 3.8) is 0 Å². The van der Waals surface area contributed by atoms with Crippen LogP contribution in [0.1, 0.15) is 49.4 Å². The Labute approximate surface area is 138 Å². The zero-order valence-electron chi connectivity index (χ0n) is 12.1. The number of amides is 1. The summed E-state index contributed by atoms with van der Waals surface area (Å²) in [6.45, 7) is 2.28. The number of ketones is 1. The topological polar surface area (TPSA) is 37.4 Å². The summed E-state index contributed by atoms with van der Waals surface area (Å²) >= 11 is 9.55. The maximum Gasteiger partial charge on any atom is 0.255 e. The van der Waals surface area contributed by atoms with Crippen molar-refractivity contribution < 1.29 is 9.59 Å². The smallest absolute Gasteiger partial charge is 0.255 e. The molecule has 0 bridgehead atoms. The van der Waals surface area contributed by atoms with Gasteiger partial charge < -0.3 is 4.90 Å². The SMILES string of the molecule is CC(=O)CC1CCCCCN1C(=O)c1cc(Br)ccc1Cl. The number of halogens is 2. The molecule has 1 heterocycles. The molecule has 1 fully saturated rings. The van der Waals surface area contributed by atoms with E-state index in [9.17, 15) is 9.59 Å². The quantitative estimate of drug-likeness (QED) is 0.785. The summed E-state index contributed by atoms with van der Waals surface area (Å²) < 4.78 is 0.827. The van der Waals surface area contributed by atoms with Crippen LogP contribution in [-0.2, 0) is 4.79 Å². The van der Waals surface area contributed by atoms with Crippen LogP contribution in [0.25, 0.3) is 0 Å². The Morgan fingerprint density at radius 3 is 2.81 bits per heavy atom. The molecule has 1 saturated heterocycles. The first-order valence-corrected chi connectivity index (χ1v) is 8.41. The van der Waals surface area contributed by atoms with Gasteiger partial charge in [-0.25, -0.2) is 0 Å². The number of hydrogen-bond donors (Lipinski definition) is 0. The number of nitrogens with zero attached hydrogens (tertiary/aromatic N) is 1. The van der Waals surface area contributed by atoms with Gasteiger partial charge in [0.1, 0.15) is 5.78 Å². The zero-order chi connectivity index (χ0) is 15.4. The lowest BCUT2D eigenvalue weighted by Gasteiger charge is -2.30. The van der Waals surface area contributed by atoms with Crippen LogP contribution in [0.3, 0.4) is 0 Å². The minimum atomic E-state index is -0.0746. The average molecular weight is 373 g/mol. The molecule has 1 aliphatic heterocycles. The average Bonchev–Trinajstić information content (AvgIpc) is 2.65. The van der Waals surface area contributed by atoms with E-state index in [2.05, 4.69) is 15.9 Å². The van der Waals surface area contributed by atoms with Crippen LogP contribution in [0.2, 0.25) is 5.02 Å². The Morgan fingerprint density at radius 1 is 1.33 bits per heavy atom. The van der Waals surface area contributed by atoms with Crippen LogP contribution in [0, 0.1) is 0 Å². The van der Waals surface area contributed by atoms with Gasteiger partial charge in [0.15, 0.2) is 0 Å². The van der Waals surface area contributed by atoms with Crippen LogP contribution >= 0.6 is 27.5 Å². The Kier molecular flexibility index (Phi) is 5.82. The summed E-state index contributed by atoms with van der Waals surface area (Å²) in [5.74, 6) is 0.0505. The third kappa shape index (κ3) is 4.30. The fourth-order valence-corrected chi connectivity index (χ4v) is 3.36. The Hall–Kier alpha value is -0.870. The van der Waals surface area contributed by atoms with Gasteiger partial charge in [-0.1, -0.05) is 40.4 Å². The maximum atomic E-state index is 12.8. The van der Waals surface area contributed by atoms with Crippen LogP contribution in [0.4, 0.5) is 0 Å². The van der Waals surface area contributed by atoms with E-state index in [1.54, 1.807) is 19.1 Å². The van der Waals surface area contributed by atoms with Crippen LogP contribution in [-0.4, -0.2) is 29.2 Å². The summed E-state index contributed by atoms with van der Waals surface area (Å²) in [5.41, 5.74) is 0.501. The lowest BCUT2D eigenvalue weighted by molar-refractivity contribution is -0.118. The molecule has 1 atom stereocenters. The molecule has 3 nitrogen and oxygen atoms in total. The second kappa shape index (κ2) is 7.41. The van der Waals surface area contributed by atoms with Gasteiger partial charge in [0.05, 0.1) is 10.6 Å². The highest BCUT2D eigenvalue weighted by Crippen LogP contribution is 2.26. The highest BCUT2D eigenvalue weighted by Gasteiger charge is 2.28. The van der Waals surface area contributed by atoms with Gasteiger partial charge in [-0.05, 0) is 38.0 Å². The zero-order valence-corrected chi connectivity index (χ0v) is 14.4. The molecular weight excluding hydrogens is 354 g/mol. The standard InChI is InChI=1S/C16H19BrClNO2/c1-11(20)9-13-5-3-2-4-8-19(13)16(21)14-10-12(17)6-7-15(14)18/h6-7,10,13H,2-5,8-9H2,1H3. The molecule has 0 aliphatic carbocycles. The van der Waals surface area contributed by atoms with Crippen molar-refractivity contribution in [3.05, 3.63) is 33.3 Å². The van der Waals surface area contributed by atoms with Crippen LogP contribution in [0.15, 0.2) is 22.7 Å². The molecule has 21 heavy (non-hydrogen) atoms. The summed E-state index contributed by atoms with van der Waals surface area (Å²) in [6, 6.07) is 5.28. The van der Waals surface area contributed by atoms with Gasteiger partial charge in [0, 0.05) is 23.5 Å². The van der Waals surface area contributed by atoms with Crippen molar-refractivity contribution in [1.29, 1.82) is 0 Å². The molecule has 1 aromatic carbocycles. The fraction of sp³-hybridized carbons (Fsp3) is 0.500. The molecular formula is C16H19BrClNO2. The number of benzene rings is 1. The molecule has 0 N–H and O–H groups in total. The van der Waals surface area contributed by atoms with E-state index in [0.29, 0.717) is 23.6 Å². The van der Waals surface area contributed by atoms with E-state index in [1.165, 1.54) is 0 Å². The third-order valence-electron chi connectivity index (χ3n) is 3.82. The van der Waals surface area contributed by atoms with Gasteiger partial charge in [-0.3, -0.25) is 9.59 Å². The van der Waals surface area contributed by atoms with Crippen molar-refractivity contribution in [2.24, 2.45) is 0 Å². The molecule has 0 saturated carbocycles. The lowest BCUT2D eigenvalue weighted by Crippen LogP contribution is -2.41. The Morgan fingerprint density at radius 2 is 2.10 bits per heavy atom. The molecule has 1 aromatic rings. The van der Waals surface area contributed by atoms with E-state index in [0.717, 1.165) is 30.2 Å². The Balaban J connectivity index is 2.28. The van der Waals surface area contributed by atoms with Crippen molar-refractivity contribution in [2.45, 2.75) is 45.1 Å². The monoisotopic (exact) mass is 371 g/mol. The van der Waals surface area contributed by atoms with Gasteiger partial charge in [-0.15, -0.1) is 0 Å². The van der Waals surface area contributed by atoms with Gasteiger partial charge in [-0.2, -0.15) is 0 Å². The summed E-state index contributed by atoms with van der Waals surface area (Å²) in [7, 11) is 0. The van der Waals surface area contributed by atoms with Gasteiger partial charge in [0.2, 0.25) is 0 Å². The number of carbonyl (C=O) groups is 2. The molecule has 1 amide bonds. The second-order valence-electron chi connectivity index (χ2n) is 5.53. The van der Waals surface area contributed by atoms with Crippen molar-refractivity contribution in [1.82, 2.24) is 4.90 Å². The molecule has 1 aliphatic rings. The van der Waals surface area contributed by atoms with E-state index >= 15 is 0 Å². The number of likely N-dealkylation sites (tertiary alicyclic amines) is 1. The number of hydrogen-bond acceptors (Lipinski definition) is 2. The molecule has 0 radical (unpaired) electrons. The first-order valence-electron chi connectivity index (χ1n) is 7.24. The lowest BCUT2D eigenvalue weighted by atomic mass is 10.0. The summed E-state index contributed by atoms with van der Waals surface area (Å²) in [4.78, 5) is 26.1. The van der Waals surface area contributed by atoms with Crippen LogP contribution in [0.5, 0.6) is 0 Å². The van der Waals surface area contributed by atoms with E-state index in [4.69, 9.17) is 11.6 Å². The van der Waals surface area contributed by atoms with Gasteiger partial charge in [0.25, 0.3) is 5.91 Å². The first-order chi connectivity index (χ1) is 9.99. The van der Waals surface area contributed by atoms with Crippen molar-refractivity contribution >= 4 is 39.2 Å². The molecule has 5 heteroatoms. The van der Waals surface area contributed by atoms with Crippen LogP contribution < -0.4 is 0 Å². The number of rotatable bonds is 3. The third-order valence-corrected chi connectivity index (χ3v) is 4.64. The van der Waals surface area contributed by atoms with Gasteiger partial charge >= 0.3 is 0 Å². The first kappa shape index (κ1) is 16.5. The minimum absolute atomic E-state index is 0.00690. The normalized spacial score (nSPS) is 19.2. The highest BCUT2D eigenvalue weighted by atomic mass is 79.9. The predicted molar refractivity (Wildman–Crippen MR) is 87.7 cm³/mol. The van der Waals surface area contributed by atoms with E-state index in [-0.39, 0.29) is 17.7 Å². The molecule has 0 aromatic heterocycles. The van der Waals surface area contributed by atoms with E-state index < -0.39 is 0 Å². The molecule has 0 spiro atoms. The van der Waals surface area contributed by atoms with Crippen molar-refractivity contribution in [3.8, 4) is 0 Å². The highest BCUT2D eigenvalue weighted by molar-refractivity contribution is 9.10. The number of Topliss-reactive ketones (excluding diaryl/α,β-unsaturated/α-hetero) is 1. The molecule has 1 unspecified atom stereocenters. The summed E-state index contributed by atoms with van der Waals surface area (Å²) in [6.07, 6.45) is 4.46. The largest absolute Gasteiger partial charge is 0.335 e. The minimum Gasteiger partial charge on any atom is -0.335 e.